The fourth-order valence-corrected chi connectivity index (χ4v) is 5.28. The monoisotopic (exact) mass is 427 g/mol. The molecule has 0 radical (unpaired) electrons. The van der Waals surface area contributed by atoms with Gasteiger partial charge in [0.05, 0.1) is 16.0 Å². The van der Waals surface area contributed by atoms with Gasteiger partial charge in [0.2, 0.25) is 15.9 Å². The lowest BCUT2D eigenvalue weighted by Crippen LogP contribution is -2.37. The number of hydrogen-bond acceptors (Lipinski definition) is 5. The zero-order valence-electron chi connectivity index (χ0n) is 16.2. The molecule has 0 saturated carbocycles. The Labute approximate surface area is 174 Å². The Kier molecular flexibility index (Phi) is 5.40. The summed E-state index contributed by atoms with van der Waals surface area (Å²) in [6.45, 7) is 0.521. The number of hydrogen-bond donors (Lipinski definition) is 1. The van der Waals surface area contributed by atoms with Crippen molar-refractivity contribution in [1.82, 2.24) is 9.21 Å². The van der Waals surface area contributed by atoms with Crippen LogP contribution in [0.1, 0.15) is 40.0 Å². The minimum Gasteiger partial charge on any atom is -0.324 e. The van der Waals surface area contributed by atoms with Crippen LogP contribution in [-0.2, 0) is 14.8 Å². The van der Waals surface area contributed by atoms with E-state index in [9.17, 15) is 22.8 Å². The molecule has 0 spiro atoms. The lowest BCUT2D eigenvalue weighted by molar-refractivity contribution is -0.116. The third-order valence-electron chi connectivity index (χ3n) is 5.25. The number of carbonyl (C=O) groups is 3. The second-order valence-electron chi connectivity index (χ2n) is 7.28. The highest BCUT2D eigenvalue weighted by molar-refractivity contribution is 7.89. The average molecular weight is 427 g/mol. The number of imide groups is 1. The van der Waals surface area contributed by atoms with E-state index in [0.29, 0.717) is 13.1 Å². The number of sulfonamides is 1. The van der Waals surface area contributed by atoms with E-state index in [-0.39, 0.29) is 21.7 Å². The average Bonchev–Trinajstić information content (AvgIpc) is 2.99. The van der Waals surface area contributed by atoms with Gasteiger partial charge in [0.25, 0.3) is 11.8 Å². The minimum absolute atomic E-state index is 0.0999. The van der Waals surface area contributed by atoms with Crippen LogP contribution in [0, 0.1) is 0 Å². The number of nitrogens with zero attached hydrogens (tertiary/aromatic N) is 2. The van der Waals surface area contributed by atoms with Crippen LogP contribution in [0.3, 0.4) is 0 Å². The summed E-state index contributed by atoms with van der Waals surface area (Å²) in [4.78, 5) is 38.2. The number of anilines is 1. The number of carbonyl (C=O) groups excluding carboxylic acids is 3. The number of piperidine rings is 1. The van der Waals surface area contributed by atoms with Gasteiger partial charge in [-0.2, -0.15) is 4.31 Å². The Hall–Kier alpha value is -3.04. The maximum Gasteiger partial charge on any atom is 0.262 e. The summed E-state index contributed by atoms with van der Waals surface area (Å²) in [6.07, 6.45) is 2.67. The molecule has 30 heavy (non-hydrogen) atoms. The lowest BCUT2D eigenvalue weighted by atomic mass is 10.1. The number of fused-ring (bicyclic) bond motifs is 1. The molecule has 1 fully saturated rings. The zero-order chi connectivity index (χ0) is 21.3. The first kappa shape index (κ1) is 20.2. The van der Waals surface area contributed by atoms with Crippen molar-refractivity contribution in [2.24, 2.45) is 0 Å². The summed E-state index contributed by atoms with van der Waals surface area (Å²) in [6, 6.07) is 12.4. The summed E-state index contributed by atoms with van der Waals surface area (Å²) >= 11 is 0. The molecule has 2 aromatic rings. The smallest absolute Gasteiger partial charge is 0.262 e. The Balaban J connectivity index is 1.46. The van der Waals surface area contributed by atoms with Gasteiger partial charge in [-0.15, -0.1) is 0 Å². The molecular weight excluding hydrogens is 406 g/mol. The highest BCUT2D eigenvalue weighted by Crippen LogP contribution is 2.24. The van der Waals surface area contributed by atoms with E-state index >= 15 is 0 Å². The normalized spacial score (nSPS) is 17.1. The topological polar surface area (TPSA) is 104 Å². The molecule has 2 aliphatic rings. The van der Waals surface area contributed by atoms with Crippen LogP contribution in [0.4, 0.5) is 5.69 Å². The predicted octanol–water partition coefficient (Wildman–Crippen LogP) is 2.10. The Morgan fingerprint density at radius 3 is 2.17 bits per heavy atom. The Morgan fingerprint density at radius 1 is 0.900 bits per heavy atom. The van der Waals surface area contributed by atoms with Gasteiger partial charge in [0, 0.05) is 18.8 Å². The standard InChI is InChI=1S/C21H21N3O5S/c25-19(14-24-20(26)17-9-2-3-10-18(17)21(24)27)22-15-7-6-8-16(13-15)30(28,29)23-11-4-1-5-12-23/h2-3,6-10,13H,1,4-5,11-12,14H2,(H,22,25). The number of amides is 3. The quantitative estimate of drug-likeness (QED) is 0.736. The molecule has 8 nitrogen and oxygen atoms in total. The highest BCUT2D eigenvalue weighted by Gasteiger charge is 2.36. The molecule has 2 heterocycles. The van der Waals surface area contributed by atoms with Crippen molar-refractivity contribution in [1.29, 1.82) is 0 Å². The van der Waals surface area contributed by atoms with Crippen molar-refractivity contribution in [2.45, 2.75) is 24.2 Å². The number of benzene rings is 2. The van der Waals surface area contributed by atoms with Gasteiger partial charge in [0.1, 0.15) is 6.54 Å². The van der Waals surface area contributed by atoms with Gasteiger partial charge < -0.3 is 5.32 Å². The summed E-state index contributed by atoms with van der Waals surface area (Å²) in [7, 11) is -3.63. The summed E-state index contributed by atoms with van der Waals surface area (Å²) in [5.74, 6) is -1.63. The van der Waals surface area contributed by atoms with E-state index in [1.54, 1.807) is 36.4 Å². The minimum atomic E-state index is -3.63. The summed E-state index contributed by atoms with van der Waals surface area (Å²) < 4.78 is 27.1. The third kappa shape index (κ3) is 3.73. The first-order valence-electron chi connectivity index (χ1n) is 9.73. The molecule has 0 aliphatic carbocycles. The van der Waals surface area contributed by atoms with Crippen molar-refractivity contribution in [3.05, 3.63) is 59.7 Å². The van der Waals surface area contributed by atoms with Gasteiger partial charge in [0.15, 0.2) is 0 Å². The SMILES string of the molecule is O=C(CN1C(=O)c2ccccc2C1=O)Nc1cccc(S(=O)(=O)N2CCCCC2)c1. The van der Waals surface area contributed by atoms with E-state index in [0.717, 1.165) is 24.2 Å². The van der Waals surface area contributed by atoms with E-state index in [1.807, 2.05) is 0 Å². The molecule has 0 aromatic heterocycles. The molecule has 0 atom stereocenters. The Morgan fingerprint density at radius 2 is 1.53 bits per heavy atom. The van der Waals surface area contributed by atoms with Crippen molar-refractivity contribution in [3.8, 4) is 0 Å². The summed E-state index contributed by atoms with van der Waals surface area (Å²) in [5.41, 5.74) is 0.824. The molecule has 4 rings (SSSR count). The van der Waals surface area contributed by atoms with E-state index in [2.05, 4.69) is 5.32 Å². The van der Waals surface area contributed by atoms with E-state index in [4.69, 9.17) is 0 Å². The van der Waals surface area contributed by atoms with Gasteiger partial charge in [-0.3, -0.25) is 19.3 Å². The maximum atomic E-state index is 12.8. The molecule has 2 aromatic carbocycles. The van der Waals surface area contributed by atoms with Crippen LogP contribution in [0.2, 0.25) is 0 Å². The van der Waals surface area contributed by atoms with E-state index in [1.165, 1.54) is 16.4 Å². The summed E-state index contributed by atoms with van der Waals surface area (Å²) in [5, 5.41) is 2.58. The second kappa shape index (κ2) is 8.00. The van der Waals surface area contributed by atoms with Crippen molar-refractivity contribution in [2.75, 3.05) is 25.0 Å². The van der Waals surface area contributed by atoms with Gasteiger partial charge in [-0.25, -0.2) is 8.42 Å². The van der Waals surface area contributed by atoms with Gasteiger partial charge in [-0.05, 0) is 43.2 Å². The first-order chi connectivity index (χ1) is 14.4. The molecule has 0 unspecified atom stereocenters. The van der Waals surface area contributed by atoms with Gasteiger partial charge >= 0.3 is 0 Å². The van der Waals surface area contributed by atoms with Crippen LogP contribution in [-0.4, -0.2) is 55.0 Å². The molecule has 0 bridgehead atoms. The van der Waals surface area contributed by atoms with E-state index < -0.39 is 34.3 Å². The molecule has 3 amide bonds. The van der Waals surface area contributed by atoms with Crippen LogP contribution < -0.4 is 5.32 Å². The van der Waals surface area contributed by atoms with Crippen LogP contribution in [0.5, 0.6) is 0 Å². The van der Waals surface area contributed by atoms with Crippen LogP contribution in [0.25, 0.3) is 0 Å². The maximum absolute atomic E-state index is 12.8. The van der Waals surface area contributed by atoms with Crippen molar-refractivity contribution >= 4 is 33.4 Å². The third-order valence-corrected chi connectivity index (χ3v) is 7.15. The molecule has 1 N–H and O–H groups in total. The molecule has 1 saturated heterocycles. The second-order valence-corrected chi connectivity index (χ2v) is 9.22. The lowest BCUT2D eigenvalue weighted by Gasteiger charge is -2.26. The molecule has 9 heteroatoms. The highest BCUT2D eigenvalue weighted by atomic mass is 32.2. The molecule has 2 aliphatic heterocycles. The van der Waals surface area contributed by atoms with Crippen molar-refractivity contribution < 1.29 is 22.8 Å². The number of nitrogens with one attached hydrogen (secondary N) is 1. The largest absolute Gasteiger partial charge is 0.324 e. The molecule has 156 valence electrons. The zero-order valence-corrected chi connectivity index (χ0v) is 17.0. The van der Waals surface area contributed by atoms with Gasteiger partial charge in [-0.1, -0.05) is 24.6 Å². The first-order valence-corrected chi connectivity index (χ1v) is 11.2. The number of rotatable bonds is 5. The van der Waals surface area contributed by atoms with Crippen molar-refractivity contribution in [3.63, 3.8) is 0 Å². The molecular formula is C21H21N3O5S. The predicted molar refractivity (Wildman–Crippen MR) is 109 cm³/mol. The fraction of sp³-hybridized carbons (Fsp3) is 0.286. The van der Waals surface area contributed by atoms with Crippen LogP contribution in [0.15, 0.2) is 53.4 Å². The fourth-order valence-electron chi connectivity index (χ4n) is 3.72. The Bertz CT molecular complexity index is 1090. The van der Waals surface area contributed by atoms with Crippen LogP contribution >= 0.6 is 0 Å².